The van der Waals surface area contributed by atoms with Gasteiger partial charge in [-0.2, -0.15) is 0 Å². The van der Waals surface area contributed by atoms with Crippen molar-refractivity contribution in [2.75, 3.05) is 34.3 Å². The molecule has 1 heterocycles. The first-order valence-electron chi connectivity index (χ1n) is 6.81. The first-order chi connectivity index (χ1) is 9.10. The lowest BCUT2D eigenvalue weighted by molar-refractivity contribution is 0.128. The van der Waals surface area contributed by atoms with Gasteiger partial charge in [0.05, 0.1) is 7.11 Å². The van der Waals surface area contributed by atoms with Crippen LogP contribution in [0, 0.1) is 5.82 Å². The maximum atomic E-state index is 13.7. The van der Waals surface area contributed by atoms with Gasteiger partial charge in [-0.25, -0.2) is 4.39 Å². The predicted octanol–water partition coefficient (Wildman–Crippen LogP) is 2.36. The van der Waals surface area contributed by atoms with Crippen molar-refractivity contribution >= 4 is 0 Å². The fourth-order valence-electron chi connectivity index (χ4n) is 2.66. The van der Waals surface area contributed by atoms with E-state index in [1.807, 2.05) is 6.07 Å². The number of benzene rings is 1. The molecule has 2 rings (SSSR count). The van der Waals surface area contributed by atoms with Crippen molar-refractivity contribution in [1.82, 2.24) is 9.80 Å². The summed E-state index contributed by atoms with van der Waals surface area (Å²) >= 11 is 0. The van der Waals surface area contributed by atoms with Crippen molar-refractivity contribution in [3.63, 3.8) is 0 Å². The molecule has 0 N–H and O–H groups in total. The number of hydrogen-bond acceptors (Lipinski definition) is 3. The Morgan fingerprint density at radius 1 is 1.42 bits per heavy atom. The zero-order valence-electron chi connectivity index (χ0n) is 12.0. The third-order valence-electron chi connectivity index (χ3n) is 3.83. The zero-order chi connectivity index (χ0) is 13.8. The minimum absolute atomic E-state index is 0.277. The smallest absolute Gasteiger partial charge is 0.165 e. The van der Waals surface area contributed by atoms with E-state index in [9.17, 15) is 4.39 Å². The van der Waals surface area contributed by atoms with E-state index in [1.165, 1.54) is 20.0 Å². The van der Waals surface area contributed by atoms with E-state index >= 15 is 0 Å². The molecule has 0 aliphatic carbocycles. The van der Waals surface area contributed by atoms with E-state index in [4.69, 9.17) is 4.74 Å². The molecule has 0 radical (unpaired) electrons. The number of rotatable bonds is 4. The van der Waals surface area contributed by atoms with Gasteiger partial charge in [-0.05, 0) is 51.2 Å². The molecule has 1 fully saturated rings. The zero-order valence-corrected chi connectivity index (χ0v) is 12.0. The van der Waals surface area contributed by atoms with E-state index in [0.717, 1.165) is 25.2 Å². The molecule has 1 unspecified atom stereocenters. The van der Waals surface area contributed by atoms with E-state index in [2.05, 4.69) is 23.9 Å². The lowest BCUT2D eigenvalue weighted by Gasteiger charge is -2.36. The number of nitrogens with zero attached hydrogens (tertiary/aromatic N) is 2. The summed E-state index contributed by atoms with van der Waals surface area (Å²) in [6, 6.07) is 5.84. The number of hydrogen-bond donors (Lipinski definition) is 0. The number of piperidine rings is 1. The summed E-state index contributed by atoms with van der Waals surface area (Å²) in [6.07, 6.45) is 2.46. The average Bonchev–Trinajstić information content (AvgIpc) is 2.39. The summed E-state index contributed by atoms with van der Waals surface area (Å²) in [5.41, 5.74) is 1.01. The van der Waals surface area contributed by atoms with Gasteiger partial charge in [0, 0.05) is 19.1 Å². The summed E-state index contributed by atoms with van der Waals surface area (Å²) in [5.74, 6) is 0.0368. The number of likely N-dealkylation sites (N-methyl/N-ethyl adjacent to an activating group) is 1. The lowest BCUT2D eigenvalue weighted by Crippen LogP contribution is -2.44. The van der Waals surface area contributed by atoms with Gasteiger partial charge in [0.15, 0.2) is 11.6 Å². The van der Waals surface area contributed by atoms with Gasteiger partial charge in [-0.15, -0.1) is 0 Å². The molecule has 1 saturated heterocycles. The third-order valence-corrected chi connectivity index (χ3v) is 3.83. The number of methoxy groups -OCH3 is 1. The monoisotopic (exact) mass is 266 g/mol. The fourth-order valence-corrected chi connectivity index (χ4v) is 2.66. The Hall–Kier alpha value is -1.13. The van der Waals surface area contributed by atoms with Crippen molar-refractivity contribution < 1.29 is 9.13 Å². The molecule has 4 heteroatoms. The molecular formula is C15H23FN2O. The van der Waals surface area contributed by atoms with Gasteiger partial charge in [-0.1, -0.05) is 6.07 Å². The van der Waals surface area contributed by atoms with Crippen LogP contribution in [-0.2, 0) is 6.54 Å². The molecule has 106 valence electrons. The van der Waals surface area contributed by atoms with Crippen molar-refractivity contribution in [2.45, 2.75) is 25.4 Å². The summed E-state index contributed by atoms with van der Waals surface area (Å²) in [5, 5.41) is 0. The molecule has 0 aromatic heterocycles. The van der Waals surface area contributed by atoms with E-state index in [-0.39, 0.29) is 5.82 Å². The topological polar surface area (TPSA) is 15.7 Å². The molecule has 19 heavy (non-hydrogen) atoms. The van der Waals surface area contributed by atoms with E-state index in [0.29, 0.717) is 11.8 Å². The summed E-state index contributed by atoms with van der Waals surface area (Å²) in [7, 11) is 5.74. The fraction of sp³-hybridized carbons (Fsp3) is 0.600. The Balaban J connectivity index is 1.98. The van der Waals surface area contributed by atoms with Gasteiger partial charge in [0.25, 0.3) is 0 Å². The van der Waals surface area contributed by atoms with E-state index < -0.39 is 0 Å². The predicted molar refractivity (Wildman–Crippen MR) is 74.9 cm³/mol. The molecule has 1 aromatic carbocycles. The minimum Gasteiger partial charge on any atom is -0.494 e. The van der Waals surface area contributed by atoms with Crippen LogP contribution in [0.1, 0.15) is 18.4 Å². The second-order valence-electron chi connectivity index (χ2n) is 5.46. The molecule has 0 amide bonds. The summed E-state index contributed by atoms with van der Waals surface area (Å²) in [4.78, 5) is 4.68. The van der Waals surface area contributed by atoms with Crippen molar-refractivity contribution in [3.05, 3.63) is 29.6 Å². The van der Waals surface area contributed by atoms with Crippen LogP contribution < -0.4 is 4.74 Å². The van der Waals surface area contributed by atoms with Crippen LogP contribution in [0.15, 0.2) is 18.2 Å². The Morgan fingerprint density at radius 3 is 2.84 bits per heavy atom. The molecular weight excluding hydrogens is 243 g/mol. The van der Waals surface area contributed by atoms with Crippen LogP contribution in [0.2, 0.25) is 0 Å². The van der Waals surface area contributed by atoms with Crippen LogP contribution in [0.5, 0.6) is 5.75 Å². The van der Waals surface area contributed by atoms with Crippen LogP contribution in [0.4, 0.5) is 4.39 Å². The molecule has 0 spiro atoms. The summed E-state index contributed by atoms with van der Waals surface area (Å²) < 4.78 is 18.6. The Kier molecular flexibility index (Phi) is 4.77. The lowest BCUT2D eigenvalue weighted by atomic mass is 10.0. The normalized spacial score (nSPS) is 20.8. The molecule has 0 bridgehead atoms. The molecule has 1 aromatic rings. The summed E-state index contributed by atoms with van der Waals surface area (Å²) in [6.45, 7) is 2.96. The van der Waals surface area contributed by atoms with Crippen LogP contribution >= 0.6 is 0 Å². The van der Waals surface area contributed by atoms with Crippen LogP contribution in [0.3, 0.4) is 0 Å². The highest BCUT2D eigenvalue weighted by atomic mass is 19.1. The van der Waals surface area contributed by atoms with Gasteiger partial charge in [-0.3, -0.25) is 4.90 Å². The second kappa shape index (κ2) is 6.35. The van der Waals surface area contributed by atoms with Gasteiger partial charge in [0.1, 0.15) is 0 Å². The average molecular weight is 266 g/mol. The molecule has 0 saturated carbocycles. The first-order valence-corrected chi connectivity index (χ1v) is 6.81. The van der Waals surface area contributed by atoms with Crippen LogP contribution in [-0.4, -0.2) is 50.1 Å². The number of halogens is 1. The Bertz CT molecular complexity index is 423. The largest absolute Gasteiger partial charge is 0.494 e. The van der Waals surface area contributed by atoms with E-state index in [1.54, 1.807) is 12.1 Å². The minimum atomic E-state index is -0.277. The van der Waals surface area contributed by atoms with Gasteiger partial charge in [0.2, 0.25) is 0 Å². The molecule has 1 aliphatic rings. The maximum absolute atomic E-state index is 13.7. The van der Waals surface area contributed by atoms with Gasteiger partial charge >= 0.3 is 0 Å². The highest BCUT2D eigenvalue weighted by molar-refractivity contribution is 5.29. The van der Waals surface area contributed by atoms with Crippen molar-refractivity contribution in [2.24, 2.45) is 0 Å². The van der Waals surface area contributed by atoms with Crippen molar-refractivity contribution in [3.8, 4) is 5.75 Å². The molecule has 1 atom stereocenters. The number of likely N-dealkylation sites (tertiary alicyclic amines) is 1. The Morgan fingerprint density at radius 2 is 2.21 bits per heavy atom. The standard InChI is InChI=1S/C15H23FN2O/c1-17(2)13-5-4-8-18(11-13)10-12-6-7-15(19-3)14(16)9-12/h6-7,9,13H,4-5,8,10-11H2,1-3H3. The third kappa shape index (κ3) is 3.67. The number of ether oxygens (including phenoxy) is 1. The molecule has 3 nitrogen and oxygen atoms in total. The highest BCUT2D eigenvalue weighted by Crippen LogP contribution is 2.21. The SMILES string of the molecule is COc1ccc(CN2CCCC(N(C)C)C2)cc1F. The quantitative estimate of drug-likeness (QED) is 0.832. The first kappa shape index (κ1) is 14.3. The van der Waals surface area contributed by atoms with Gasteiger partial charge < -0.3 is 9.64 Å². The van der Waals surface area contributed by atoms with Crippen LogP contribution in [0.25, 0.3) is 0 Å². The molecule has 1 aliphatic heterocycles. The maximum Gasteiger partial charge on any atom is 0.165 e. The Labute approximate surface area is 115 Å². The highest BCUT2D eigenvalue weighted by Gasteiger charge is 2.21. The van der Waals surface area contributed by atoms with Crippen molar-refractivity contribution in [1.29, 1.82) is 0 Å². The second-order valence-corrected chi connectivity index (χ2v) is 5.46.